The number of morpholine rings is 1. The summed E-state index contributed by atoms with van der Waals surface area (Å²) >= 11 is 5.98. The maximum absolute atomic E-state index is 14.0. The van der Waals surface area contributed by atoms with E-state index in [1.807, 2.05) is 0 Å². The highest BCUT2D eigenvalue weighted by Gasteiger charge is 2.32. The summed E-state index contributed by atoms with van der Waals surface area (Å²) in [5.41, 5.74) is 0.828. The average Bonchev–Trinajstić information content (AvgIpc) is 2.75. The molecule has 2 aliphatic rings. The van der Waals surface area contributed by atoms with Crippen molar-refractivity contribution in [3.63, 3.8) is 0 Å². The van der Waals surface area contributed by atoms with Gasteiger partial charge in [-0.05, 0) is 31.2 Å². The zero-order chi connectivity index (χ0) is 22.0. The zero-order valence-corrected chi connectivity index (χ0v) is 17.8. The van der Waals surface area contributed by atoms with Gasteiger partial charge in [0.05, 0.1) is 29.5 Å². The molecule has 7 nitrogen and oxygen atoms in total. The first-order valence-electron chi connectivity index (χ1n) is 10.1. The average molecular weight is 448 g/mol. The molecule has 1 saturated heterocycles. The number of nitrogens with zero attached hydrogens (tertiary/aromatic N) is 2. The standard InChI is InChI=1S/C22H23ClFN3O4/c1-14-22(29)27(8-7-26-9-11-30-12-10-26)18-6-5-15(13-19(18)31-14)25-21(28)20-16(23)3-2-4-17(20)24/h2-6,13-14H,7-12H2,1H3,(H,25,28). The molecule has 164 valence electrons. The van der Waals surface area contributed by atoms with Crippen molar-refractivity contribution >= 4 is 34.8 Å². The van der Waals surface area contributed by atoms with Crippen LogP contribution in [0.15, 0.2) is 36.4 Å². The third-order valence-corrected chi connectivity index (χ3v) is 5.67. The Labute approximate surface area is 184 Å². The van der Waals surface area contributed by atoms with Gasteiger partial charge in [0.1, 0.15) is 11.6 Å². The van der Waals surface area contributed by atoms with Gasteiger partial charge >= 0.3 is 0 Å². The molecule has 2 aromatic carbocycles. The van der Waals surface area contributed by atoms with E-state index < -0.39 is 17.8 Å². The molecule has 1 unspecified atom stereocenters. The lowest BCUT2D eigenvalue weighted by Gasteiger charge is -2.35. The molecule has 2 heterocycles. The number of benzene rings is 2. The minimum atomic E-state index is -0.701. The topological polar surface area (TPSA) is 71.1 Å². The number of amides is 2. The molecule has 4 rings (SSSR count). The Morgan fingerprint density at radius 1 is 1.23 bits per heavy atom. The van der Waals surface area contributed by atoms with Gasteiger partial charge < -0.3 is 19.7 Å². The van der Waals surface area contributed by atoms with Gasteiger partial charge in [0.15, 0.2) is 6.10 Å². The highest BCUT2D eigenvalue weighted by Crippen LogP contribution is 2.36. The number of carbonyl (C=O) groups is 2. The van der Waals surface area contributed by atoms with Gasteiger partial charge in [0, 0.05) is 37.9 Å². The van der Waals surface area contributed by atoms with Crippen LogP contribution in [0, 0.1) is 5.82 Å². The monoisotopic (exact) mass is 447 g/mol. The summed E-state index contributed by atoms with van der Waals surface area (Å²) in [4.78, 5) is 29.2. The fourth-order valence-corrected chi connectivity index (χ4v) is 3.94. The van der Waals surface area contributed by atoms with Crippen molar-refractivity contribution in [1.82, 2.24) is 4.90 Å². The number of hydrogen-bond acceptors (Lipinski definition) is 5. The lowest BCUT2D eigenvalue weighted by Crippen LogP contribution is -2.48. The van der Waals surface area contributed by atoms with E-state index in [9.17, 15) is 14.0 Å². The largest absolute Gasteiger partial charge is 0.479 e. The van der Waals surface area contributed by atoms with Gasteiger partial charge in [-0.25, -0.2) is 4.39 Å². The number of carbonyl (C=O) groups excluding carboxylic acids is 2. The molecular formula is C22H23ClFN3O4. The molecule has 0 bridgehead atoms. The van der Waals surface area contributed by atoms with Gasteiger partial charge in [0.25, 0.3) is 11.8 Å². The van der Waals surface area contributed by atoms with Crippen LogP contribution in [0.25, 0.3) is 0 Å². The highest BCUT2D eigenvalue weighted by atomic mass is 35.5. The third-order valence-electron chi connectivity index (χ3n) is 5.36. The van der Waals surface area contributed by atoms with Crippen LogP contribution in [-0.2, 0) is 9.53 Å². The second kappa shape index (κ2) is 9.21. The molecule has 0 spiro atoms. The number of fused-ring (bicyclic) bond motifs is 1. The Morgan fingerprint density at radius 3 is 2.74 bits per heavy atom. The molecule has 2 aromatic rings. The molecule has 0 saturated carbocycles. The molecule has 0 aliphatic carbocycles. The SMILES string of the molecule is CC1Oc2cc(NC(=O)c3c(F)cccc3Cl)ccc2N(CCN2CCOCC2)C1=O. The van der Waals surface area contributed by atoms with Crippen LogP contribution < -0.4 is 15.0 Å². The van der Waals surface area contributed by atoms with Crippen LogP contribution in [-0.4, -0.2) is 62.2 Å². The van der Waals surface area contributed by atoms with E-state index >= 15 is 0 Å². The third kappa shape index (κ3) is 4.66. The van der Waals surface area contributed by atoms with Crippen LogP contribution >= 0.6 is 11.6 Å². The van der Waals surface area contributed by atoms with Crippen LogP contribution in [0.4, 0.5) is 15.8 Å². The summed E-state index contributed by atoms with van der Waals surface area (Å²) < 4.78 is 25.2. The summed E-state index contributed by atoms with van der Waals surface area (Å²) in [6.45, 7) is 6.01. The molecule has 1 atom stereocenters. The number of halogens is 2. The first-order valence-corrected chi connectivity index (χ1v) is 10.5. The van der Waals surface area contributed by atoms with Crippen molar-refractivity contribution in [3.05, 3.63) is 52.8 Å². The molecule has 0 radical (unpaired) electrons. The van der Waals surface area contributed by atoms with E-state index in [0.717, 1.165) is 19.6 Å². The second-order valence-corrected chi connectivity index (χ2v) is 7.84. The fraction of sp³-hybridized carbons (Fsp3) is 0.364. The summed E-state index contributed by atoms with van der Waals surface area (Å²) in [7, 11) is 0. The quantitative estimate of drug-likeness (QED) is 0.762. The van der Waals surface area contributed by atoms with E-state index in [1.54, 1.807) is 30.0 Å². The number of nitrogens with one attached hydrogen (secondary N) is 1. The van der Waals surface area contributed by atoms with Gasteiger partial charge in [-0.2, -0.15) is 0 Å². The second-order valence-electron chi connectivity index (χ2n) is 7.44. The molecular weight excluding hydrogens is 425 g/mol. The summed E-state index contributed by atoms with van der Waals surface area (Å²) in [5, 5.41) is 2.67. The molecule has 2 aliphatic heterocycles. The highest BCUT2D eigenvalue weighted by molar-refractivity contribution is 6.34. The Morgan fingerprint density at radius 2 is 2.00 bits per heavy atom. The molecule has 1 fully saturated rings. The van der Waals surface area contributed by atoms with E-state index in [-0.39, 0.29) is 16.5 Å². The van der Waals surface area contributed by atoms with Crippen molar-refractivity contribution in [2.24, 2.45) is 0 Å². The molecule has 31 heavy (non-hydrogen) atoms. The normalized spacial score (nSPS) is 19.0. The van der Waals surface area contributed by atoms with Gasteiger partial charge in [0.2, 0.25) is 0 Å². The Balaban J connectivity index is 1.52. The van der Waals surface area contributed by atoms with Crippen molar-refractivity contribution in [3.8, 4) is 5.75 Å². The molecule has 0 aromatic heterocycles. The van der Waals surface area contributed by atoms with Gasteiger partial charge in [-0.1, -0.05) is 17.7 Å². The van der Waals surface area contributed by atoms with Crippen molar-refractivity contribution in [2.75, 3.05) is 49.6 Å². The van der Waals surface area contributed by atoms with Crippen LogP contribution in [0.2, 0.25) is 5.02 Å². The number of ether oxygens (including phenoxy) is 2. The minimum Gasteiger partial charge on any atom is -0.479 e. The summed E-state index contributed by atoms with van der Waals surface area (Å²) in [6.07, 6.45) is -0.649. The van der Waals surface area contributed by atoms with Gasteiger partial charge in [-0.3, -0.25) is 14.5 Å². The van der Waals surface area contributed by atoms with Crippen molar-refractivity contribution < 1.29 is 23.5 Å². The van der Waals surface area contributed by atoms with Crippen molar-refractivity contribution in [2.45, 2.75) is 13.0 Å². The fourth-order valence-electron chi connectivity index (χ4n) is 3.69. The first kappa shape index (κ1) is 21.5. The summed E-state index contributed by atoms with van der Waals surface area (Å²) in [5.74, 6) is -0.998. The van der Waals surface area contributed by atoms with Crippen LogP contribution in [0.5, 0.6) is 5.75 Å². The summed E-state index contributed by atoms with van der Waals surface area (Å²) in [6, 6.07) is 9.07. The Kier molecular flexibility index (Phi) is 6.41. The lowest BCUT2D eigenvalue weighted by molar-refractivity contribution is -0.125. The maximum atomic E-state index is 14.0. The molecule has 1 N–H and O–H groups in total. The first-order chi connectivity index (χ1) is 14.9. The number of rotatable bonds is 5. The minimum absolute atomic E-state index is 0.0280. The van der Waals surface area contributed by atoms with E-state index in [2.05, 4.69) is 10.2 Å². The Hall–Kier alpha value is -2.68. The van der Waals surface area contributed by atoms with E-state index in [1.165, 1.54) is 18.2 Å². The Bertz CT molecular complexity index is 976. The maximum Gasteiger partial charge on any atom is 0.267 e. The molecule has 9 heteroatoms. The predicted octanol–water partition coefficient (Wildman–Crippen LogP) is 3.18. The van der Waals surface area contributed by atoms with E-state index in [4.69, 9.17) is 21.1 Å². The predicted molar refractivity (Wildman–Crippen MR) is 116 cm³/mol. The number of hydrogen-bond donors (Lipinski definition) is 1. The lowest BCUT2D eigenvalue weighted by atomic mass is 10.1. The van der Waals surface area contributed by atoms with Crippen LogP contribution in [0.1, 0.15) is 17.3 Å². The van der Waals surface area contributed by atoms with Crippen LogP contribution in [0.3, 0.4) is 0 Å². The smallest absolute Gasteiger partial charge is 0.267 e. The number of anilines is 2. The van der Waals surface area contributed by atoms with Gasteiger partial charge in [-0.15, -0.1) is 0 Å². The zero-order valence-electron chi connectivity index (χ0n) is 17.1. The van der Waals surface area contributed by atoms with E-state index in [0.29, 0.717) is 36.9 Å². The van der Waals surface area contributed by atoms with Crippen molar-refractivity contribution in [1.29, 1.82) is 0 Å². The molecule has 2 amide bonds.